The average molecular weight is 442 g/mol. The third kappa shape index (κ3) is 4.61. The molecule has 3 rings (SSSR count). The molecular formula is C22H23N3O5S. The lowest BCUT2D eigenvalue weighted by molar-refractivity contribution is 0.0827. The van der Waals surface area contributed by atoms with Crippen LogP contribution >= 0.6 is 0 Å². The maximum atomic E-state index is 13.5. The van der Waals surface area contributed by atoms with Crippen LogP contribution in [0.25, 0.3) is 11.3 Å². The first-order chi connectivity index (χ1) is 14.6. The van der Waals surface area contributed by atoms with Gasteiger partial charge < -0.3 is 14.9 Å². The van der Waals surface area contributed by atoms with Gasteiger partial charge in [0.05, 0.1) is 17.1 Å². The lowest BCUT2D eigenvalue weighted by atomic mass is 10.1. The molecule has 0 radical (unpaired) electrons. The number of hydrogen-bond donors (Lipinski definition) is 1. The Morgan fingerprint density at radius 2 is 1.65 bits per heavy atom. The van der Waals surface area contributed by atoms with E-state index >= 15 is 0 Å². The molecule has 31 heavy (non-hydrogen) atoms. The van der Waals surface area contributed by atoms with Crippen molar-refractivity contribution < 1.29 is 23.1 Å². The number of benzene rings is 2. The zero-order valence-electron chi connectivity index (χ0n) is 17.4. The van der Waals surface area contributed by atoms with E-state index < -0.39 is 16.1 Å². The number of amides is 2. The van der Waals surface area contributed by atoms with Crippen molar-refractivity contribution in [1.29, 1.82) is 0 Å². The molecule has 2 aromatic carbocycles. The van der Waals surface area contributed by atoms with E-state index in [-0.39, 0.29) is 22.9 Å². The molecule has 0 bridgehead atoms. The van der Waals surface area contributed by atoms with Crippen LogP contribution in [0.1, 0.15) is 15.9 Å². The molecule has 0 saturated carbocycles. The molecule has 0 saturated heterocycles. The molecule has 0 aliphatic carbocycles. The molecule has 3 aromatic rings. The van der Waals surface area contributed by atoms with Gasteiger partial charge in [0.2, 0.25) is 0 Å². The summed E-state index contributed by atoms with van der Waals surface area (Å²) in [6, 6.07) is 16.5. The first kappa shape index (κ1) is 22.1. The molecule has 8 nitrogen and oxygen atoms in total. The molecule has 0 unspecified atom stereocenters. The van der Waals surface area contributed by atoms with E-state index in [9.17, 15) is 18.0 Å². The molecule has 1 heterocycles. The van der Waals surface area contributed by atoms with Crippen molar-refractivity contribution >= 4 is 22.0 Å². The van der Waals surface area contributed by atoms with E-state index in [0.717, 1.165) is 8.87 Å². The predicted octanol–water partition coefficient (Wildman–Crippen LogP) is 3.20. The van der Waals surface area contributed by atoms with Crippen LogP contribution in [0.15, 0.2) is 71.8 Å². The van der Waals surface area contributed by atoms with Crippen molar-refractivity contribution in [2.75, 3.05) is 21.1 Å². The Bertz CT molecular complexity index is 1220. The summed E-state index contributed by atoms with van der Waals surface area (Å²) in [5, 5.41) is 9.17. The second-order valence-corrected chi connectivity index (χ2v) is 9.08. The Hall–Kier alpha value is -3.59. The number of carbonyl (C=O) groups is 2. The van der Waals surface area contributed by atoms with E-state index in [0.29, 0.717) is 16.8 Å². The van der Waals surface area contributed by atoms with Gasteiger partial charge in [0, 0.05) is 32.9 Å². The van der Waals surface area contributed by atoms with Crippen molar-refractivity contribution in [2.24, 2.45) is 0 Å². The van der Waals surface area contributed by atoms with Crippen molar-refractivity contribution in [1.82, 2.24) is 13.8 Å². The fourth-order valence-electron chi connectivity index (χ4n) is 3.10. The lowest BCUT2D eigenvalue weighted by Gasteiger charge is -2.13. The highest BCUT2D eigenvalue weighted by Gasteiger charge is 2.24. The van der Waals surface area contributed by atoms with Gasteiger partial charge >= 0.3 is 6.09 Å². The van der Waals surface area contributed by atoms with E-state index in [4.69, 9.17) is 5.11 Å². The molecule has 0 fully saturated rings. The normalized spacial score (nSPS) is 11.2. The fourth-order valence-corrected chi connectivity index (χ4v) is 4.55. The van der Waals surface area contributed by atoms with Gasteiger partial charge in [-0.25, -0.2) is 17.2 Å². The maximum absolute atomic E-state index is 13.5. The average Bonchev–Trinajstić information content (AvgIpc) is 3.18. The van der Waals surface area contributed by atoms with E-state index in [1.165, 1.54) is 36.3 Å². The monoisotopic (exact) mass is 441 g/mol. The standard InChI is InChI=1S/C22H23N3O5S/c1-23(2)21(26)18-10-7-11-19(13-18)31(29,30)25-15-16(14-24(3)22(27)28)12-20(25)17-8-5-4-6-9-17/h4-13,15H,14H2,1-3H3,(H,27,28). The van der Waals surface area contributed by atoms with Crippen molar-refractivity contribution in [3.05, 3.63) is 78.0 Å². The van der Waals surface area contributed by atoms with Crippen molar-refractivity contribution in [3.63, 3.8) is 0 Å². The van der Waals surface area contributed by atoms with Crippen LogP contribution in [0.4, 0.5) is 4.79 Å². The number of nitrogens with zero attached hydrogens (tertiary/aromatic N) is 3. The fraction of sp³-hybridized carbons (Fsp3) is 0.182. The number of aromatic nitrogens is 1. The van der Waals surface area contributed by atoms with E-state index in [1.807, 2.05) is 6.07 Å². The molecule has 0 aliphatic heterocycles. The molecule has 0 spiro atoms. The van der Waals surface area contributed by atoms with Crippen LogP contribution in [0.3, 0.4) is 0 Å². The summed E-state index contributed by atoms with van der Waals surface area (Å²) in [5.74, 6) is -0.309. The summed E-state index contributed by atoms with van der Waals surface area (Å²) in [5.41, 5.74) is 1.84. The quantitative estimate of drug-likeness (QED) is 0.633. The number of carbonyl (C=O) groups excluding carboxylic acids is 1. The summed E-state index contributed by atoms with van der Waals surface area (Å²) in [6.07, 6.45) is 0.295. The zero-order valence-corrected chi connectivity index (χ0v) is 18.2. The van der Waals surface area contributed by atoms with Crippen LogP contribution in [0, 0.1) is 0 Å². The number of hydrogen-bond acceptors (Lipinski definition) is 4. The summed E-state index contributed by atoms with van der Waals surface area (Å²) in [6.45, 7) is 0.0246. The number of carboxylic acid groups (broad SMARTS) is 1. The topological polar surface area (TPSA) is 99.9 Å². The highest BCUT2D eigenvalue weighted by molar-refractivity contribution is 7.90. The van der Waals surface area contributed by atoms with Crippen LogP contribution in [-0.4, -0.2) is 60.4 Å². The molecule has 9 heteroatoms. The van der Waals surface area contributed by atoms with Crippen LogP contribution in [0.5, 0.6) is 0 Å². The van der Waals surface area contributed by atoms with Gasteiger partial charge in [0.25, 0.3) is 15.9 Å². The second kappa shape index (κ2) is 8.65. The van der Waals surface area contributed by atoms with Crippen molar-refractivity contribution in [3.8, 4) is 11.3 Å². The van der Waals surface area contributed by atoms with Gasteiger partial charge in [0.15, 0.2) is 0 Å². The Morgan fingerprint density at radius 3 is 2.26 bits per heavy atom. The molecule has 1 aromatic heterocycles. The highest BCUT2D eigenvalue weighted by atomic mass is 32.2. The molecular weight excluding hydrogens is 418 g/mol. The molecule has 0 atom stereocenters. The Balaban J connectivity index is 2.14. The number of rotatable bonds is 6. The van der Waals surface area contributed by atoms with Crippen LogP contribution in [0.2, 0.25) is 0 Å². The largest absolute Gasteiger partial charge is 0.465 e. The Morgan fingerprint density at radius 1 is 0.968 bits per heavy atom. The molecule has 1 N–H and O–H groups in total. The first-order valence-electron chi connectivity index (χ1n) is 9.39. The van der Waals surface area contributed by atoms with Gasteiger partial charge in [-0.3, -0.25) is 4.79 Å². The minimum atomic E-state index is -4.05. The molecule has 162 valence electrons. The zero-order chi connectivity index (χ0) is 22.8. The van der Waals surface area contributed by atoms with Gasteiger partial charge in [-0.1, -0.05) is 36.4 Å². The van der Waals surface area contributed by atoms with E-state index in [2.05, 4.69) is 0 Å². The second-order valence-electron chi connectivity index (χ2n) is 7.27. The molecule has 0 aliphatic rings. The van der Waals surface area contributed by atoms with Gasteiger partial charge in [0.1, 0.15) is 0 Å². The highest BCUT2D eigenvalue weighted by Crippen LogP contribution is 2.28. The van der Waals surface area contributed by atoms with Crippen molar-refractivity contribution in [2.45, 2.75) is 11.4 Å². The molecule has 2 amide bonds. The lowest BCUT2D eigenvalue weighted by Crippen LogP contribution is -2.23. The van der Waals surface area contributed by atoms with Gasteiger partial charge in [-0.15, -0.1) is 0 Å². The summed E-state index contributed by atoms with van der Waals surface area (Å²) in [4.78, 5) is 25.9. The Kier molecular flexibility index (Phi) is 6.16. The van der Waals surface area contributed by atoms with Gasteiger partial charge in [-0.2, -0.15) is 0 Å². The SMILES string of the molecule is CN(C)C(=O)c1cccc(S(=O)(=O)n2cc(CN(C)C(=O)O)cc2-c2ccccc2)c1. The van der Waals surface area contributed by atoms with E-state index in [1.54, 1.807) is 50.5 Å². The smallest absolute Gasteiger partial charge is 0.407 e. The minimum Gasteiger partial charge on any atom is -0.465 e. The summed E-state index contributed by atoms with van der Waals surface area (Å²) in [7, 11) is 0.538. The maximum Gasteiger partial charge on any atom is 0.407 e. The summed E-state index contributed by atoms with van der Waals surface area (Å²) < 4.78 is 28.2. The minimum absolute atomic E-state index is 0.0246. The predicted molar refractivity (Wildman–Crippen MR) is 116 cm³/mol. The van der Waals surface area contributed by atoms with Crippen LogP contribution < -0.4 is 0 Å². The Labute approximate surface area is 181 Å². The first-order valence-corrected chi connectivity index (χ1v) is 10.8. The third-order valence-electron chi connectivity index (χ3n) is 4.70. The van der Waals surface area contributed by atoms with Gasteiger partial charge in [-0.05, 0) is 35.4 Å². The van der Waals surface area contributed by atoms with Crippen LogP contribution in [-0.2, 0) is 16.6 Å². The third-order valence-corrected chi connectivity index (χ3v) is 6.37. The summed E-state index contributed by atoms with van der Waals surface area (Å²) >= 11 is 0.